The topological polar surface area (TPSA) is 101 Å². The van der Waals surface area contributed by atoms with Gasteiger partial charge in [-0.05, 0) is 36.4 Å². The SMILES string of the molecule is COc1ccc(NC(=O)NNc2nc(CN3CCOCC3)nc3ccccc23)cc1. The molecule has 0 spiro atoms. The largest absolute Gasteiger partial charge is 0.497 e. The Morgan fingerprint density at radius 1 is 1.10 bits per heavy atom. The number of anilines is 2. The zero-order valence-electron chi connectivity index (χ0n) is 16.7. The first kappa shape index (κ1) is 19.9. The fraction of sp³-hybridized carbons (Fsp3) is 0.286. The van der Waals surface area contributed by atoms with Gasteiger partial charge in [0.15, 0.2) is 5.82 Å². The number of carbonyl (C=O) groups is 1. The van der Waals surface area contributed by atoms with Crippen molar-refractivity contribution in [3.8, 4) is 5.75 Å². The normalized spacial score (nSPS) is 14.3. The van der Waals surface area contributed by atoms with E-state index in [1.54, 1.807) is 31.4 Å². The van der Waals surface area contributed by atoms with Crippen LogP contribution in [0.4, 0.5) is 16.3 Å². The van der Waals surface area contributed by atoms with Crippen LogP contribution in [0.25, 0.3) is 10.9 Å². The molecule has 0 unspecified atom stereocenters. The molecule has 9 heteroatoms. The van der Waals surface area contributed by atoms with Crippen molar-refractivity contribution in [3.05, 3.63) is 54.4 Å². The summed E-state index contributed by atoms with van der Waals surface area (Å²) in [6, 6.07) is 14.4. The number of hydrogen-bond acceptors (Lipinski definition) is 7. The number of urea groups is 1. The lowest BCUT2D eigenvalue weighted by molar-refractivity contribution is 0.0331. The molecule has 2 amide bonds. The van der Waals surface area contributed by atoms with Gasteiger partial charge in [-0.15, -0.1) is 0 Å². The predicted octanol–water partition coefficient (Wildman–Crippen LogP) is 2.62. The van der Waals surface area contributed by atoms with Gasteiger partial charge in [0, 0.05) is 24.2 Å². The zero-order chi connectivity index (χ0) is 20.8. The Labute approximate surface area is 174 Å². The quantitative estimate of drug-likeness (QED) is 0.539. The van der Waals surface area contributed by atoms with Gasteiger partial charge in [0.05, 0.1) is 32.4 Å². The number of aromatic nitrogens is 2. The number of fused-ring (bicyclic) bond motifs is 1. The van der Waals surface area contributed by atoms with Gasteiger partial charge in [-0.3, -0.25) is 15.8 Å². The molecule has 2 aromatic carbocycles. The maximum Gasteiger partial charge on any atom is 0.337 e. The molecule has 0 saturated carbocycles. The van der Waals surface area contributed by atoms with Crippen molar-refractivity contribution in [2.75, 3.05) is 44.2 Å². The molecule has 0 bridgehead atoms. The van der Waals surface area contributed by atoms with Crippen LogP contribution < -0.4 is 20.9 Å². The lowest BCUT2D eigenvalue weighted by atomic mass is 10.2. The Kier molecular flexibility index (Phi) is 6.21. The lowest BCUT2D eigenvalue weighted by Crippen LogP contribution is -2.36. The van der Waals surface area contributed by atoms with Crippen molar-refractivity contribution in [2.45, 2.75) is 6.54 Å². The highest BCUT2D eigenvalue weighted by Gasteiger charge is 2.14. The summed E-state index contributed by atoms with van der Waals surface area (Å²) in [7, 11) is 1.60. The fourth-order valence-electron chi connectivity index (χ4n) is 3.20. The highest BCUT2D eigenvalue weighted by atomic mass is 16.5. The van der Waals surface area contributed by atoms with Gasteiger partial charge in [-0.2, -0.15) is 0 Å². The van der Waals surface area contributed by atoms with Crippen LogP contribution in [0, 0.1) is 0 Å². The lowest BCUT2D eigenvalue weighted by Gasteiger charge is -2.26. The molecular weight excluding hydrogens is 384 g/mol. The smallest absolute Gasteiger partial charge is 0.337 e. The Balaban J connectivity index is 1.45. The number of carbonyl (C=O) groups excluding carboxylic acids is 1. The van der Waals surface area contributed by atoms with Crippen molar-refractivity contribution in [2.24, 2.45) is 0 Å². The van der Waals surface area contributed by atoms with E-state index in [9.17, 15) is 4.79 Å². The molecule has 3 N–H and O–H groups in total. The van der Waals surface area contributed by atoms with E-state index in [1.807, 2.05) is 24.3 Å². The first-order valence-corrected chi connectivity index (χ1v) is 9.74. The molecular formula is C21H24N6O3. The third-order valence-electron chi connectivity index (χ3n) is 4.76. The van der Waals surface area contributed by atoms with E-state index in [0.717, 1.165) is 29.7 Å². The molecule has 1 fully saturated rings. The fourth-order valence-corrected chi connectivity index (χ4v) is 3.20. The van der Waals surface area contributed by atoms with E-state index in [1.165, 1.54) is 0 Å². The molecule has 2 heterocycles. The Morgan fingerprint density at radius 2 is 1.87 bits per heavy atom. The molecule has 3 aromatic rings. The number of amides is 2. The van der Waals surface area contributed by atoms with Crippen LogP contribution in [0.2, 0.25) is 0 Å². The molecule has 1 aromatic heterocycles. The molecule has 30 heavy (non-hydrogen) atoms. The van der Waals surface area contributed by atoms with Gasteiger partial charge in [0.2, 0.25) is 0 Å². The first-order chi connectivity index (χ1) is 14.7. The maximum absolute atomic E-state index is 12.3. The van der Waals surface area contributed by atoms with E-state index in [0.29, 0.717) is 37.1 Å². The standard InChI is InChI=1S/C21H24N6O3/c1-29-16-8-6-15(7-9-16)22-21(28)26-25-20-17-4-2-3-5-18(17)23-19(24-20)14-27-10-12-30-13-11-27/h2-9H,10-14H2,1H3,(H2,22,26,28)(H,23,24,25). The average Bonchev–Trinajstić information content (AvgIpc) is 2.78. The number of hydrazine groups is 1. The van der Waals surface area contributed by atoms with E-state index in [2.05, 4.69) is 31.0 Å². The highest BCUT2D eigenvalue weighted by molar-refractivity contribution is 5.93. The first-order valence-electron chi connectivity index (χ1n) is 9.74. The van der Waals surface area contributed by atoms with Gasteiger partial charge in [0.1, 0.15) is 11.6 Å². The summed E-state index contributed by atoms with van der Waals surface area (Å²) >= 11 is 0. The van der Waals surface area contributed by atoms with Gasteiger partial charge in [-0.1, -0.05) is 12.1 Å². The molecule has 1 saturated heterocycles. The van der Waals surface area contributed by atoms with Crippen molar-refractivity contribution < 1.29 is 14.3 Å². The van der Waals surface area contributed by atoms with Crippen LogP contribution in [0.3, 0.4) is 0 Å². The summed E-state index contributed by atoms with van der Waals surface area (Å²) in [4.78, 5) is 23.8. The minimum atomic E-state index is -0.405. The number of benzene rings is 2. The van der Waals surface area contributed by atoms with E-state index in [-0.39, 0.29) is 0 Å². The minimum absolute atomic E-state index is 0.405. The number of morpholine rings is 1. The summed E-state index contributed by atoms with van der Waals surface area (Å²) in [6.07, 6.45) is 0. The monoisotopic (exact) mass is 408 g/mol. The molecule has 1 aliphatic rings. The van der Waals surface area contributed by atoms with Crippen molar-refractivity contribution >= 4 is 28.4 Å². The van der Waals surface area contributed by atoms with Crippen molar-refractivity contribution in [3.63, 3.8) is 0 Å². The number of nitrogens with zero attached hydrogens (tertiary/aromatic N) is 3. The number of nitrogens with one attached hydrogen (secondary N) is 3. The third-order valence-corrected chi connectivity index (χ3v) is 4.76. The van der Waals surface area contributed by atoms with Crippen molar-refractivity contribution in [1.82, 2.24) is 20.3 Å². The second kappa shape index (κ2) is 9.38. The number of ether oxygens (including phenoxy) is 2. The molecule has 9 nitrogen and oxygen atoms in total. The summed E-state index contributed by atoms with van der Waals surface area (Å²) in [5, 5.41) is 3.59. The second-order valence-corrected chi connectivity index (χ2v) is 6.83. The van der Waals surface area contributed by atoms with E-state index < -0.39 is 6.03 Å². The van der Waals surface area contributed by atoms with Gasteiger partial charge in [0.25, 0.3) is 0 Å². The summed E-state index contributed by atoms with van der Waals surface area (Å²) in [5.74, 6) is 1.96. The van der Waals surface area contributed by atoms with E-state index in [4.69, 9.17) is 9.47 Å². The Morgan fingerprint density at radius 3 is 2.63 bits per heavy atom. The van der Waals surface area contributed by atoms with E-state index >= 15 is 0 Å². The van der Waals surface area contributed by atoms with Crippen LogP contribution in [-0.2, 0) is 11.3 Å². The number of para-hydroxylation sites is 1. The number of methoxy groups -OCH3 is 1. The summed E-state index contributed by atoms with van der Waals surface area (Å²) in [5.41, 5.74) is 7.03. The van der Waals surface area contributed by atoms with Gasteiger partial charge < -0.3 is 14.8 Å². The average molecular weight is 408 g/mol. The maximum atomic E-state index is 12.3. The molecule has 0 atom stereocenters. The van der Waals surface area contributed by atoms with Gasteiger partial charge in [-0.25, -0.2) is 14.8 Å². The molecule has 1 aliphatic heterocycles. The van der Waals surface area contributed by atoms with Crippen LogP contribution in [0.5, 0.6) is 5.75 Å². The van der Waals surface area contributed by atoms with Crippen LogP contribution in [0.15, 0.2) is 48.5 Å². The zero-order valence-corrected chi connectivity index (χ0v) is 16.7. The number of rotatable bonds is 6. The molecule has 0 radical (unpaired) electrons. The summed E-state index contributed by atoms with van der Waals surface area (Å²) in [6.45, 7) is 3.75. The number of hydrogen-bond donors (Lipinski definition) is 3. The third kappa shape index (κ3) is 4.94. The minimum Gasteiger partial charge on any atom is -0.497 e. The Bertz CT molecular complexity index is 1010. The molecule has 4 rings (SSSR count). The van der Waals surface area contributed by atoms with Gasteiger partial charge >= 0.3 is 6.03 Å². The summed E-state index contributed by atoms with van der Waals surface area (Å²) < 4.78 is 10.5. The van der Waals surface area contributed by atoms with Crippen LogP contribution in [0.1, 0.15) is 5.82 Å². The molecule has 156 valence electrons. The predicted molar refractivity (Wildman–Crippen MR) is 114 cm³/mol. The van der Waals surface area contributed by atoms with Crippen LogP contribution >= 0.6 is 0 Å². The van der Waals surface area contributed by atoms with Crippen molar-refractivity contribution in [1.29, 1.82) is 0 Å². The Hall–Kier alpha value is -3.43. The molecule has 0 aliphatic carbocycles. The second-order valence-electron chi connectivity index (χ2n) is 6.83. The highest BCUT2D eigenvalue weighted by Crippen LogP contribution is 2.20. The van der Waals surface area contributed by atoms with Crippen LogP contribution in [-0.4, -0.2) is 54.3 Å².